The molecule has 7 nitrogen and oxygen atoms in total. The molecule has 0 aliphatic heterocycles. The van der Waals surface area contributed by atoms with Gasteiger partial charge in [-0.2, -0.15) is 0 Å². The van der Waals surface area contributed by atoms with Crippen LogP contribution in [-0.2, 0) is 11.3 Å². The summed E-state index contributed by atoms with van der Waals surface area (Å²) in [6.45, 7) is 8.48. The van der Waals surface area contributed by atoms with Crippen LogP contribution in [0.3, 0.4) is 0 Å². The number of aromatic nitrogens is 2. The van der Waals surface area contributed by atoms with Gasteiger partial charge >= 0.3 is 5.97 Å². The maximum Gasteiger partial charge on any atom is 0.350 e. The van der Waals surface area contributed by atoms with E-state index < -0.39 is 0 Å². The van der Waals surface area contributed by atoms with Crippen molar-refractivity contribution in [2.45, 2.75) is 40.3 Å². The van der Waals surface area contributed by atoms with E-state index in [1.807, 2.05) is 13.8 Å². The van der Waals surface area contributed by atoms with Gasteiger partial charge in [0, 0.05) is 12.7 Å². The zero-order chi connectivity index (χ0) is 19.8. The number of guanidine groups is 1. The van der Waals surface area contributed by atoms with E-state index in [9.17, 15) is 9.18 Å². The Labute approximate surface area is 162 Å². The fourth-order valence-corrected chi connectivity index (χ4v) is 3.23. The Hall–Kier alpha value is -2.55. The first-order valence-corrected chi connectivity index (χ1v) is 9.56. The van der Waals surface area contributed by atoms with Crippen molar-refractivity contribution in [2.24, 2.45) is 4.99 Å². The molecule has 0 aromatic carbocycles. The summed E-state index contributed by atoms with van der Waals surface area (Å²) in [6.07, 6.45) is 1.53. The number of nitrogens with one attached hydrogen (secondary N) is 2. The number of hydrogen-bond acceptors (Lipinski definition) is 6. The summed E-state index contributed by atoms with van der Waals surface area (Å²) in [6, 6.07) is 2.71. The highest BCUT2D eigenvalue weighted by molar-refractivity contribution is 7.13. The molecule has 0 saturated heterocycles. The van der Waals surface area contributed by atoms with Gasteiger partial charge < -0.3 is 15.4 Å². The molecule has 2 rings (SSSR count). The number of aryl methyl sites for hydroxylation is 1. The largest absolute Gasteiger partial charge is 0.462 e. The lowest BCUT2D eigenvalue weighted by Gasteiger charge is -2.16. The summed E-state index contributed by atoms with van der Waals surface area (Å²) in [5, 5.41) is 7.07. The lowest BCUT2D eigenvalue weighted by Crippen LogP contribution is -2.38. The Morgan fingerprint density at radius 1 is 1.44 bits per heavy atom. The van der Waals surface area contributed by atoms with Crippen molar-refractivity contribution in [1.29, 1.82) is 0 Å². The molecular formula is C18H24FN5O2S. The van der Waals surface area contributed by atoms with E-state index in [0.717, 1.165) is 5.01 Å². The Morgan fingerprint density at radius 2 is 2.22 bits per heavy atom. The Balaban J connectivity index is 2.11. The molecule has 2 aromatic rings. The molecule has 0 bridgehead atoms. The van der Waals surface area contributed by atoms with Crippen molar-refractivity contribution < 1.29 is 13.9 Å². The molecule has 27 heavy (non-hydrogen) atoms. The number of carbonyl (C=O) groups is 1. The number of ether oxygens (including phenoxy) is 1. The first-order valence-electron chi connectivity index (χ1n) is 8.74. The van der Waals surface area contributed by atoms with Gasteiger partial charge in [0.15, 0.2) is 5.96 Å². The fraction of sp³-hybridized carbons (Fsp3) is 0.444. The lowest BCUT2D eigenvalue weighted by molar-refractivity contribution is 0.0531. The number of pyridine rings is 1. The van der Waals surface area contributed by atoms with E-state index in [-0.39, 0.29) is 30.1 Å². The highest BCUT2D eigenvalue weighted by Gasteiger charge is 2.20. The van der Waals surface area contributed by atoms with Gasteiger partial charge in [0.1, 0.15) is 15.7 Å². The van der Waals surface area contributed by atoms with Gasteiger partial charge in [-0.15, -0.1) is 11.3 Å². The molecule has 0 amide bonds. The standard InChI is InChI=1S/C18H24FN5O2S/c1-5-20-18(22-10-14-13(19)8-7-9-21-14)24-12(4)16-23-11(3)15(27-16)17(25)26-6-2/h7-9,12H,5-6,10H2,1-4H3,(H2,20,22,24). The molecule has 2 N–H and O–H groups in total. The van der Waals surface area contributed by atoms with Crippen LogP contribution in [0, 0.1) is 12.7 Å². The van der Waals surface area contributed by atoms with E-state index in [2.05, 4.69) is 25.6 Å². The minimum atomic E-state index is -0.389. The van der Waals surface area contributed by atoms with E-state index in [0.29, 0.717) is 29.7 Å². The van der Waals surface area contributed by atoms with E-state index >= 15 is 0 Å². The number of esters is 1. The van der Waals surface area contributed by atoms with Crippen molar-refractivity contribution >= 4 is 23.3 Å². The first-order chi connectivity index (χ1) is 13.0. The smallest absolute Gasteiger partial charge is 0.350 e. The zero-order valence-corrected chi connectivity index (χ0v) is 16.7. The normalized spacial score (nSPS) is 12.6. The molecule has 0 aliphatic rings. The second kappa shape index (κ2) is 9.96. The number of hydrogen-bond donors (Lipinski definition) is 2. The number of nitrogens with zero attached hydrogens (tertiary/aromatic N) is 3. The van der Waals surface area contributed by atoms with Gasteiger partial charge in [-0.05, 0) is 39.8 Å². The summed E-state index contributed by atoms with van der Waals surface area (Å²) >= 11 is 1.29. The predicted molar refractivity (Wildman–Crippen MR) is 103 cm³/mol. The topological polar surface area (TPSA) is 88.5 Å². The lowest BCUT2D eigenvalue weighted by atomic mass is 10.3. The summed E-state index contributed by atoms with van der Waals surface area (Å²) in [4.78, 5) is 25.3. The van der Waals surface area contributed by atoms with Crippen LogP contribution in [-0.4, -0.2) is 35.0 Å². The van der Waals surface area contributed by atoms with Gasteiger partial charge in [-0.1, -0.05) is 0 Å². The molecule has 1 atom stereocenters. The maximum absolute atomic E-state index is 13.7. The summed E-state index contributed by atoms with van der Waals surface area (Å²) in [5.74, 6) is -0.238. The number of halogens is 1. The van der Waals surface area contributed by atoms with Crippen molar-refractivity contribution in [3.8, 4) is 0 Å². The van der Waals surface area contributed by atoms with Crippen LogP contribution in [0.5, 0.6) is 0 Å². The summed E-state index contributed by atoms with van der Waals surface area (Å²) < 4.78 is 18.8. The molecule has 0 radical (unpaired) electrons. The maximum atomic E-state index is 13.7. The molecule has 0 fully saturated rings. The van der Waals surface area contributed by atoms with Crippen molar-refractivity contribution in [3.63, 3.8) is 0 Å². The molecule has 0 spiro atoms. The molecular weight excluding hydrogens is 369 g/mol. The first kappa shape index (κ1) is 20.8. The van der Waals surface area contributed by atoms with Gasteiger partial charge in [-0.25, -0.2) is 19.2 Å². The highest BCUT2D eigenvalue weighted by Crippen LogP contribution is 2.24. The molecule has 2 aromatic heterocycles. The predicted octanol–water partition coefficient (Wildman–Crippen LogP) is 2.98. The number of rotatable bonds is 7. The third-order valence-corrected chi connectivity index (χ3v) is 4.88. The average molecular weight is 393 g/mol. The Bertz CT molecular complexity index is 809. The van der Waals surface area contributed by atoms with Gasteiger partial charge in [0.05, 0.1) is 30.6 Å². The van der Waals surface area contributed by atoms with Gasteiger partial charge in [-0.3, -0.25) is 4.98 Å². The molecule has 9 heteroatoms. The van der Waals surface area contributed by atoms with Crippen LogP contribution < -0.4 is 10.6 Å². The van der Waals surface area contributed by atoms with Crippen molar-refractivity contribution in [2.75, 3.05) is 13.2 Å². The summed E-state index contributed by atoms with van der Waals surface area (Å²) in [5.41, 5.74) is 0.914. The fourth-order valence-electron chi connectivity index (χ4n) is 2.26. The third kappa shape index (κ3) is 5.72. The Morgan fingerprint density at radius 3 is 2.89 bits per heavy atom. The van der Waals surface area contributed by atoms with E-state index in [1.165, 1.54) is 23.6 Å². The Kier molecular flexibility index (Phi) is 7.66. The monoisotopic (exact) mass is 393 g/mol. The van der Waals surface area contributed by atoms with Crippen molar-refractivity contribution in [1.82, 2.24) is 20.6 Å². The minimum Gasteiger partial charge on any atom is -0.462 e. The minimum absolute atomic E-state index is 0.111. The number of thiazole rings is 1. The van der Waals surface area contributed by atoms with Gasteiger partial charge in [0.2, 0.25) is 0 Å². The van der Waals surface area contributed by atoms with Crippen LogP contribution in [0.1, 0.15) is 52.9 Å². The molecule has 1 unspecified atom stereocenters. The summed E-state index contributed by atoms with van der Waals surface area (Å²) in [7, 11) is 0. The SMILES string of the molecule is CCNC(=NCc1ncccc1F)NC(C)c1nc(C)c(C(=O)OCC)s1. The number of carbonyl (C=O) groups excluding carboxylic acids is 1. The zero-order valence-electron chi connectivity index (χ0n) is 15.9. The van der Waals surface area contributed by atoms with Gasteiger partial charge in [0.25, 0.3) is 0 Å². The van der Waals surface area contributed by atoms with Crippen LogP contribution in [0.25, 0.3) is 0 Å². The number of aliphatic imine (C=N–C) groups is 1. The molecule has 0 aliphatic carbocycles. The van der Waals surface area contributed by atoms with Crippen LogP contribution in [0.4, 0.5) is 4.39 Å². The molecule has 146 valence electrons. The quantitative estimate of drug-likeness (QED) is 0.427. The third-order valence-electron chi connectivity index (χ3n) is 3.56. The molecule has 0 saturated carbocycles. The second-order valence-electron chi connectivity index (χ2n) is 5.68. The van der Waals surface area contributed by atoms with Crippen LogP contribution >= 0.6 is 11.3 Å². The van der Waals surface area contributed by atoms with E-state index in [1.54, 1.807) is 19.9 Å². The van der Waals surface area contributed by atoms with Crippen molar-refractivity contribution in [3.05, 3.63) is 45.4 Å². The van der Waals surface area contributed by atoms with Crippen LogP contribution in [0.2, 0.25) is 0 Å². The van der Waals surface area contributed by atoms with Crippen LogP contribution in [0.15, 0.2) is 23.3 Å². The molecule has 2 heterocycles. The second-order valence-corrected chi connectivity index (χ2v) is 6.71. The average Bonchev–Trinajstić information content (AvgIpc) is 3.03. The van der Waals surface area contributed by atoms with E-state index in [4.69, 9.17) is 4.74 Å². The highest BCUT2D eigenvalue weighted by atomic mass is 32.1.